The molecule has 2 heterocycles. The Balaban J connectivity index is 1.66. The van der Waals surface area contributed by atoms with E-state index < -0.39 is 5.76 Å². The molecule has 8 nitrogen and oxygen atoms in total. The number of para-hydroxylation sites is 1. The van der Waals surface area contributed by atoms with E-state index in [1.807, 2.05) is 24.3 Å². The molecular weight excluding hydrogens is 374 g/mol. The van der Waals surface area contributed by atoms with Crippen molar-refractivity contribution in [3.8, 4) is 22.9 Å². The number of hydrogen-bond acceptors (Lipinski definition) is 6. The van der Waals surface area contributed by atoms with Crippen LogP contribution >= 0.6 is 0 Å². The third kappa shape index (κ3) is 3.49. The number of methoxy groups -OCH3 is 2. The lowest BCUT2D eigenvalue weighted by Crippen LogP contribution is -2.39. The van der Waals surface area contributed by atoms with E-state index in [1.165, 1.54) is 11.7 Å². The van der Waals surface area contributed by atoms with Gasteiger partial charge >= 0.3 is 5.76 Å². The van der Waals surface area contributed by atoms with Crippen LogP contribution in [0.5, 0.6) is 11.5 Å². The predicted molar refractivity (Wildman–Crippen MR) is 106 cm³/mol. The number of aromatic nitrogens is 2. The van der Waals surface area contributed by atoms with Crippen LogP contribution in [-0.2, 0) is 17.8 Å². The Morgan fingerprint density at radius 2 is 1.93 bits per heavy atom. The number of benzene rings is 2. The Hall–Kier alpha value is -3.55. The van der Waals surface area contributed by atoms with Gasteiger partial charge in [0.05, 0.1) is 14.2 Å². The molecule has 4 rings (SSSR count). The molecule has 8 heteroatoms. The Bertz CT molecular complexity index is 1100. The van der Waals surface area contributed by atoms with E-state index in [-0.39, 0.29) is 18.3 Å². The van der Waals surface area contributed by atoms with Gasteiger partial charge in [0.25, 0.3) is 0 Å². The third-order valence-electron chi connectivity index (χ3n) is 5.03. The summed E-state index contributed by atoms with van der Waals surface area (Å²) in [6, 6.07) is 13.0. The van der Waals surface area contributed by atoms with Crippen LogP contribution in [0, 0.1) is 0 Å². The standard InChI is InChI=1S/C21H21N3O5/c1-27-17-10-9-15(12-18(17)28-2)20-22-29-21(26)24(20)13-19(25)23-11-5-7-14-6-3-4-8-16(14)23/h3-4,6,8-10,12H,5,7,11,13H2,1-2H3. The molecule has 3 aromatic rings. The molecule has 1 aliphatic rings. The number of carbonyl (C=O) groups excluding carboxylic acids is 1. The highest BCUT2D eigenvalue weighted by Gasteiger charge is 2.25. The maximum atomic E-state index is 13.0. The van der Waals surface area contributed by atoms with Crippen LogP contribution in [-0.4, -0.2) is 36.4 Å². The summed E-state index contributed by atoms with van der Waals surface area (Å²) < 4.78 is 16.6. The van der Waals surface area contributed by atoms with Crippen LogP contribution in [0.1, 0.15) is 12.0 Å². The van der Waals surface area contributed by atoms with E-state index in [0.717, 1.165) is 24.1 Å². The molecule has 1 aliphatic heterocycles. The number of carbonyl (C=O) groups is 1. The first-order chi connectivity index (χ1) is 14.1. The molecule has 0 saturated heterocycles. The van der Waals surface area contributed by atoms with Gasteiger partial charge in [-0.1, -0.05) is 23.4 Å². The molecule has 0 fully saturated rings. The third-order valence-corrected chi connectivity index (χ3v) is 5.03. The molecule has 1 aromatic heterocycles. The van der Waals surface area contributed by atoms with Gasteiger partial charge < -0.3 is 14.4 Å². The summed E-state index contributed by atoms with van der Waals surface area (Å²) in [6.07, 6.45) is 1.81. The number of aryl methyl sites for hydroxylation is 1. The summed E-state index contributed by atoms with van der Waals surface area (Å²) in [7, 11) is 3.06. The van der Waals surface area contributed by atoms with Gasteiger partial charge in [-0.15, -0.1) is 0 Å². The minimum atomic E-state index is -0.687. The van der Waals surface area contributed by atoms with E-state index >= 15 is 0 Å². The van der Waals surface area contributed by atoms with E-state index in [0.29, 0.717) is 23.6 Å². The first-order valence-corrected chi connectivity index (χ1v) is 9.29. The number of amides is 1. The quantitative estimate of drug-likeness (QED) is 0.660. The highest BCUT2D eigenvalue weighted by atomic mass is 16.5. The Labute approximate surface area is 167 Å². The summed E-state index contributed by atoms with van der Waals surface area (Å²) in [5.41, 5.74) is 2.60. The van der Waals surface area contributed by atoms with Gasteiger partial charge in [-0.3, -0.25) is 9.32 Å². The first kappa shape index (κ1) is 18.8. The summed E-state index contributed by atoms with van der Waals surface area (Å²) in [6.45, 7) is 0.446. The molecule has 0 atom stereocenters. The average molecular weight is 395 g/mol. The number of rotatable bonds is 5. The van der Waals surface area contributed by atoms with Crippen molar-refractivity contribution in [2.75, 3.05) is 25.7 Å². The van der Waals surface area contributed by atoms with Crippen molar-refractivity contribution in [1.29, 1.82) is 0 Å². The van der Waals surface area contributed by atoms with Gasteiger partial charge in [0, 0.05) is 17.8 Å². The van der Waals surface area contributed by atoms with Gasteiger partial charge in [-0.25, -0.2) is 9.36 Å². The van der Waals surface area contributed by atoms with E-state index in [4.69, 9.17) is 14.0 Å². The van der Waals surface area contributed by atoms with Crippen molar-refractivity contribution >= 4 is 11.6 Å². The second-order valence-electron chi connectivity index (χ2n) is 6.71. The van der Waals surface area contributed by atoms with E-state index in [2.05, 4.69) is 5.16 Å². The van der Waals surface area contributed by atoms with Gasteiger partial charge in [0.1, 0.15) is 6.54 Å². The lowest BCUT2D eigenvalue weighted by Gasteiger charge is -2.29. The Kier molecular flexibility index (Phi) is 5.07. The average Bonchev–Trinajstić information content (AvgIpc) is 3.12. The van der Waals surface area contributed by atoms with Crippen molar-refractivity contribution in [2.24, 2.45) is 0 Å². The first-order valence-electron chi connectivity index (χ1n) is 9.29. The number of nitrogens with zero attached hydrogens (tertiary/aromatic N) is 3. The summed E-state index contributed by atoms with van der Waals surface area (Å²) in [5, 5.41) is 3.87. The fourth-order valence-corrected chi connectivity index (χ4v) is 3.60. The van der Waals surface area contributed by atoms with E-state index in [9.17, 15) is 9.59 Å². The van der Waals surface area contributed by atoms with Gasteiger partial charge in [-0.05, 0) is 42.7 Å². The van der Waals surface area contributed by atoms with Crippen LogP contribution in [0.25, 0.3) is 11.4 Å². The second kappa shape index (κ2) is 7.83. The summed E-state index contributed by atoms with van der Waals surface area (Å²) in [4.78, 5) is 27.0. The molecular formula is C21H21N3O5. The molecule has 0 unspecified atom stereocenters. The summed E-state index contributed by atoms with van der Waals surface area (Å²) >= 11 is 0. The second-order valence-corrected chi connectivity index (χ2v) is 6.71. The zero-order valence-corrected chi connectivity index (χ0v) is 16.3. The number of ether oxygens (including phenoxy) is 2. The Morgan fingerprint density at radius 1 is 1.14 bits per heavy atom. The molecule has 29 heavy (non-hydrogen) atoms. The normalized spacial score (nSPS) is 13.1. The SMILES string of the molecule is COc1ccc(-c2noc(=O)n2CC(=O)N2CCCc3ccccc32)cc1OC. The fraction of sp³-hybridized carbons (Fsp3) is 0.286. The van der Waals surface area contributed by atoms with Crippen LogP contribution in [0.2, 0.25) is 0 Å². The van der Waals surface area contributed by atoms with Crippen molar-refractivity contribution in [3.05, 3.63) is 58.6 Å². The van der Waals surface area contributed by atoms with Crippen molar-refractivity contribution in [3.63, 3.8) is 0 Å². The minimum absolute atomic E-state index is 0.166. The maximum Gasteiger partial charge on any atom is 0.442 e. The number of fused-ring (bicyclic) bond motifs is 1. The highest BCUT2D eigenvalue weighted by Crippen LogP contribution is 2.31. The van der Waals surface area contributed by atoms with Crippen LogP contribution in [0.3, 0.4) is 0 Å². The molecule has 1 amide bonds. The molecule has 0 N–H and O–H groups in total. The molecule has 0 aliphatic carbocycles. The number of anilines is 1. The molecule has 150 valence electrons. The topological polar surface area (TPSA) is 86.8 Å². The van der Waals surface area contributed by atoms with E-state index in [1.54, 1.807) is 30.2 Å². The molecule has 0 saturated carbocycles. The fourth-order valence-electron chi connectivity index (χ4n) is 3.60. The van der Waals surface area contributed by atoms with Crippen LogP contribution < -0.4 is 20.1 Å². The highest BCUT2D eigenvalue weighted by molar-refractivity contribution is 5.94. The van der Waals surface area contributed by atoms with Gasteiger partial charge in [0.15, 0.2) is 17.3 Å². The van der Waals surface area contributed by atoms with Crippen molar-refractivity contribution in [1.82, 2.24) is 9.72 Å². The molecule has 0 radical (unpaired) electrons. The monoisotopic (exact) mass is 395 g/mol. The largest absolute Gasteiger partial charge is 0.493 e. The summed E-state index contributed by atoms with van der Waals surface area (Å²) in [5.74, 6) is 0.421. The van der Waals surface area contributed by atoms with Crippen molar-refractivity contribution in [2.45, 2.75) is 19.4 Å². The molecule has 0 spiro atoms. The molecule has 0 bridgehead atoms. The smallest absolute Gasteiger partial charge is 0.442 e. The van der Waals surface area contributed by atoms with Crippen LogP contribution in [0.4, 0.5) is 5.69 Å². The lowest BCUT2D eigenvalue weighted by molar-refractivity contribution is -0.119. The minimum Gasteiger partial charge on any atom is -0.493 e. The maximum absolute atomic E-state index is 13.0. The lowest BCUT2D eigenvalue weighted by atomic mass is 10.0. The Morgan fingerprint density at radius 3 is 2.72 bits per heavy atom. The predicted octanol–water partition coefficient (Wildman–Crippen LogP) is 2.50. The number of hydrogen-bond donors (Lipinski definition) is 0. The van der Waals surface area contributed by atoms with Crippen molar-refractivity contribution < 1.29 is 18.8 Å². The van der Waals surface area contributed by atoms with Crippen LogP contribution in [0.15, 0.2) is 51.8 Å². The zero-order valence-electron chi connectivity index (χ0n) is 16.3. The van der Waals surface area contributed by atoms with Gasteiger partial charge in [0.2, 0.25) is 5.91 Å². The van der Waals surface area contributed by atoms with Gasteiger partial charge in [-0.2, -0.15) is 0 Å². The zero-order chi connectivity index (χ0) is 20.4. The molecule has 2 aromatic carbocycles.